The second-order valence-corrected chi connectivity index (χ2v) is 6.68. The predicted molar refractivity (Wildman–Crippen MR) is 81.3 cm³/mol. The van der Waals surface area contributed by atoms with Crippen molar-refractivity contribution in [1.82, 2.24) is 0 Å². The van der Waals surface area contributed by atoms with Crippen molar-refractivity contribution < 1.29 is 29.3 Å². The predicted octanol–water partition coefficient (Wildman–Crippen LogP) is 0.712. The van der Waals surface area contributed by atoms with Crippen molar-refractivity contribution in [2.24, 2.45) is 11.3 Å². The topological polar surface area (TPSA) is 101 Å². The molecular weight excluding hydrogens is 300 g/mol. The average Bonchev–Trinajstić information content (AvgIpc) is 2.45. The van der Waals surface area contributed by atoms with Gasteiger partial charge < -0.3 is 14.9 Å². The number of rotatable bonds is 4. The van der Waals surface area contributed by atoms with Crippen LogP contribution in [0.15, 0.2) is 23.8 Å². The first-order valence-corrected chi connectivity index (χ1v) is 7.56. The molecule has 126 valence electrons. The van der Waals surface area contributed by atoms with E-state index in [0.717, 1.165) is 12.5 Å². The van der Waals surface area contributed by atoms with E-state index in [1.165, 1.54) is 6.92 Å². The average molecular weight is 322 g/mol. The monoisotopic (exact) mass is 322 g/mol. The number of Topliss-reactive ketones (excluding diaryl/α,β-unsaturated/α-hetero) is 2. The zero-order chi connectivity index (χ0) is 17.4. The minimum absolute atomic E-state index is 0.00637. The lowest BCUT2D eigenvalue weighted by molar-refractivity contribution is -0.170. The summed E-state index contributed by atoms with van der Waals surface area (Å²) in [5.74, 6) is -1.92. The van der Waals surface area contributed by atoms with E-state index in [1.807, 2.05) is 13.0 Å². The van der Waals surface area contributed by atoms with E-state index in [-0.39, 0.29) is 25.4 Å². The Morgan fingerprint density at radius 3 is 2.65 bits per heavy atom. The molecule has 0 radical (unpaired) electrons. The number of aliphatic hydroxyl groups excluding tert-OH is 1. The van der Waals surface area contributed by atoms with Crippen LogP contribution < -0.4 is 0 Å². The normalized spacial score (nSPS) is 34.4. The number of carbonyl (C=O) groups excluding carboxylic acids is 3. The van der Waals surface area contributed by atoms with Gasteiger partial charge in [-0.2, -0.15) is 0 Å². The highest BCUT2D eigenvalue weighted by Gasteiger charge is 2.56. The number of aliphatic hydroxyl groups is 2. The van der Waals surface area contributed by atoms with Crippen LogP contribution in [-0.2, 0) is 19.1 Å². The summed E-state index contributed by atoms with van der Waals surface area (Å²) in [4.78, 5) is 34.9. The van der Waals surface area contributed by atoms with Crippen molar-refractivity contribution in [3.8, 4) is 0 Å². The number of hydrogen-bond donors (Lipinski definition) is 2. The fourth-order valence-corrected chi connectivity index (χ4v) is 3.45. The van der Waals surface area contributed by atoms with Crippen LogP contribution in [0.4, 0.5) is 0 Å². The number of allylic oxidation sites excluding steroid dienone is 3. The Bertz CT molecular complexity index is 604. The molecule has 1 fully saturated rings. The van der Waals surface area contributed by atoms with Gasteiger partial charge in [0.1, 0.15) is 12.7 Å². The van der Waals surface area contributed by atoms with Gasteiger partial charge in [0.2, 0.25) is 0 Å². The van der Waals surface area contributed by atoms with Crippen molar-refractivity contribution in [2.75, 3.05) is 6.61 Å². The minimum atomic E-state index is -2.10. The first-order chi connectivity index (χ1) is 10.6. The molecule has 6 nitrogen and oxygen atoms in total. The molecule has 0 aromatic heterocycles. The lowest BCUT2D eigenvalue weighted by atomic mass is 9.57. The summed E-state index contributed by atoms with van der Waals surface area (Å²) in [7, 11) is 0. The fraction of sp³-hybridized carbons (Fsp3) is 0.588. The first-order valence-electron chi connectivity index (χ1n) is 7.56. The number of ether oxygens (including phenoxy) is 1. The summed E-state index contributed by atoms with van der Waals surface area (Å²) in [6.45, 7) is 4.38. The van der Waals surface area contributed by atoms with E-state index in [4.69, 9.17) is 4.74 Å². The third-order valence-electron chi connectivity index (χ3n) is 4.85. The minimum Gasteiger partial charge on any atom is -0.461 e. The maximum Gasteiger partial charge on any atom is 0.302 e. The van der Waals surface area contributed by atoms with Crippen molar-refractivity contribution in [3.63, 3.8) is 0 Å². The van der Waals surface area contributed by atoms with E-state index >= 15 is 0 Å². The number of ketones is 2. The molecule has 0 aromatic rings. The third-order valence-corrected chi connectivity index (χ3v) is 4.85. The fourth-order valence-electron chi connectivity index (χ4n) is 3.45. The van der Waals surface area contributed by atoms with Crippen LogP contribution >= 0.6 is 0 Å². The van der Waals surface area contributed by atoms with Gasteiger partial charge in [-0.25, -0.2) is 0 Å². The molecule has 0 amide bonds. The van der Waals surface area contributed by atoms with E-state index in [9.17, 15) is 24.6 Å². The lowest BCUT2D eigenvalue weighted by Gasteiger charge is -2.48. The Balaban J connectivity index is 2.33. The largest absolute Gasteiger partial charge is 0.461 e. The van der Waals surface area contributed by atoms with Crippen LogP contribution in [0.5, 0.6) is 0 Å². The maximum absolute atomic E-state index is 12.4. The van der Waals surface area contributed by atoms with Gasteiger partial charge in [-0.15, -0.1) is 0 Å². The Hall–Kier alpha value is -1.79. The molecular formula is C17H22O6. The molecule has 2 N–H and O–H groups in total. The van der Waals surface area contributed by atoms with Crippen molar-refractivity contribution >= 4 is 17.5 Å². The Morgan fingerprint density at radius 2 is 2.09 bits per heavy atom. The Labute approximate surface area is 134 Å². The summed E-state index contributed by atoms with van der Waals surface area (Å²) in [6, 6.07) is 0. The molecule has 0 spiro atoms. The number of fused-ring (bicyclic) bond motifs is 1. The highest BCUT2D eigenvalue weighted by Crippen LogP contribution is 2.50. The molecule has 2 aliphatic rings. The van der Waals surface area contributed by atoms with Gasteiger partial charge >= 0.3 is 5.97 Å². The summed E-state index contributed by atoms with van der Waals surface area (Å²) < 4.78 is 5.04. The molecule has 1 unspecified atom stereocenters. The molecule has 6 heteroatoms. The van der Waals surface area contributed by atoms with Crippen molar-refractivity contribution in [2.45, 2.75) is 45.3 Å². The van der Waals surface area contributed by atoms with E-state index in [0.29, 0.717) is 0 Å². The standard InChI is InChI=1S/C17H22O6/c1-10(18)15(21)17(22)7-13-12(9-23-11(2)19)5-4-6-16(13,3)8-14(17)20/h4-6,13,15,21-22H,7-9H2,1-3H3/t13?,15-,16+,17-/m0/s1. The second kappa shape index (κ2) is 6.02. The molecule has 0 saturated heterocycles. The van der Waals surface area contributed by atoms with E-state index < -0.39 is 34.7 Å². The number of carbonyl (C=O) groups is 3. The molecule has 2 aliphatic carbocycles. The molecule has 0 aromatic carbocycles. The number of hydrogen-bond acceptors (Lipinski definition) is 6. The molecule has 0 heterocycles. The second-order valence-electron chi connectivity index (χ2n) is 6.68. The zero-order valence-corrected chi connectivity index (χ0v) is 13.5. The third kappa shape index (κ3) is 3.14. The summed E-state index contributed by atoms with van der Waals surface area (Å²) in [5.41, 5.74) is -1.88. The van der Waals surface area contributed by atoms with Crippen LogP contribution in [0.1, 0.15) is 33.6 Å². The van der Waals surface area contributed by atoms with Crippen molar-refractivity contribution in [3.05, 3.63) is 23.8 Å². The van der Waals surface area contributed by atoms with Gasteiger partial charge in [-0.05, 0) is 30.3 Å². The Kier molecular flexibility index (Phi) is 4.59. The lowest BCUT2D eigenvalue weighted by Crippen LogP contribution is -2.59. The SMILES string of the molecule is CC(=O)OCC1=CC=C[C@]2(C)CC(=O)[C@](O)([C@@H](O)C(C)=O)CC12. The van der Waals surface area contributed by atoms with Crippen LogP contribution in [0, 0.1) is 11.3 Å². The molecule has 1 saturated carbocycles. The quantitative estimate of drug-likeness (QED) is 0.739. The molecule has 0 aliphatic heterocycles. The molecule has 2 rings (SSSR count). The van der Waals surface area contributed by atoms with Crippen LogP contribution in [-0.4, -0.2) is 46.1 Å². The van der Waals surface area contributed by atoms with Crippen LogP contribution in [0.3, 0.4) is 0 Å². The van der Waals surface area contributed by atoms with Crippen molar-refractivity contribution in [1.29, 1.82) is 0 Å². The van der Waals surface area contributed by atoms with Gasteiger partial charge in [-0.1, -0.05) is 25.2 Å². The zero-order valence-electron chi connectivity index (χ0n) is 13.5. The van der Waals surface area contributed by atoms with E-state index in [1.54, 1.807) is 12.2 Å². The van der Waals surface area contributed by atoms with Gasteiger partial charge in [0.15, 0.2) is 17.2 Å². The summed E-state index contributed by atoms with van der Waals surface area (Å²) in [6.07, 6.45) is 3.64. The number of esters is 1. The van der Waals surface area contributed by atoms with E-state index in [2.05, 4.69) is 0 Å². The molecule has 4 atom stereocenters. The molecule has 23 heavy (non-hydrogen) atoms. The van der Waals surface area contributed by atoms with Gasteiger partial charge in [0.25, 0.3) is 0 Å². The smallest absolute Gasteiger partial charge is 0.302 e. The maximum atomic E-state index is 12.4. The molecule has 0 bridgehead atoms. The highest BCUT2D eigenvalue weighted by molar-refractivity contribution is 5.96. The summed E-state index contributed by atoms with van der Waals surface area (Å²) >= 11 is 0. The van der Waals surface area contributed by atoms with Gasteiger partial charge in [0.05, 0.1) is 0 Å². The first kappa shape index (κ1) is 17.6. The van der Waals surface area contributed by atoms with Crippen LogP contribution in [0.25, 0.3) is 0 Å². The van der Waals surface area contributed by atoms with Crippen LogP contribution in [0.2, 0.25) is 0 Å². The Morgan fingerprint density at radius 1 is 1.43 bits per heavy atom. The van der Waals surface area contributed by atoms with Gasteiger partial charge in [0, 0.05) is 13.3 Å². The van der Waals surface area contributed by atoms with Gasteiger partial charge in [-0.3, -0.25) is 14.4 Å². The summed E-state index contributed by atoms with van der Waals surface area (Å²) in [5, 5.41) is 20.7. The highest BCUT2D eigenvalue weighted by atomic mass is 16.5.